The van der Waals surface area contributed by atoms with Crippen molar-refractivity contribution < 1.29 is 18.1 Å². The molecular formula is C21H16F2N6O2. The fourth-order valence-electron chi connectivity index (χ4n) is 3.55. The summed E-state index contributed by atoms with van der Waals surface area (Å²) in [7, 11) is 0. The van der Waals surface area contributed by atoms with Gasteiger partial charge in [0.05, 0.1) is 23.6 Å². The normalized spacial score (nSPS) is 15.7. The predicted molar refractivity (Wildman–Crippen MR) is 104 cm³/mol. The quantitative estimate of drug-likeness (QED) is 0.500. The molecule has 156 valence electrons. The van der Waals surface area contributed by atoms with Crippen molar-refractivity contribution in [2.45, 2.75) is 19.4 Å². The topological polar surface area (TPSA) is 89.9 Å². The molecular weight excluding hydrogens is 406 g/mol. The number of carbonyl (C=O) groups is 1. The number of amides is 1. The van der Waals surface area contributed by atoms with Gasteiger partial charge in [-0.2, -0.15) is 20.0 Å². The Labute approximate surface area is 175 Å². The Balaban J connectivity index is 1.43. The molecule has 2 aromatic heterocycles. The van der Waals surface area contributed by atoms with E-state index >= 15 is 0 Å². The maximum atomic E-state index is 13.5. The summed E-state index contributed by atoms with van der Waals surface area (Å²) >= 11 is 0. The van der Waals surface area contributed by atoms with E-state index in [0.717, 1.165) is 23.8 Å². The highest BCUT2D eigenvalue weighted by Gasteiger charge is 2.39. The van der Waals surface area contributed by atoms with Crippen LogP contribution < -0.4 is 0 Å². The number of hydrogen-bond acceptors (Lipinski definition) is 6. The summed E-state index contributed by atoms with van der Waals surface area (Å²) in [5, 5.41) is 12.1. The lowest BCUT2D eigenvalue weighted by atomic mass is 9.99. The molecule has 1 unspecified atom stereocenters. The second kappa shape index (κ2) is 7.38. The third kappa shape index (κ3) is 3.45. The van der Waals surface area contributed by atoms with Gasteiger partial charge in [-0.1, -0.05) is 16.8 Å². The number of hydrogen-bond donors (Lipinski definition) is 0. The van der Waals surface area contributed by atoms with E-state index in [9.17, 15) is 13.6 Å². The molecule has 1 atom stereocenters. The Morgan fingerprint density at radius 1 is 1.10 bits per heavy atom. The first-order valence-electron chi connectivity index (χ1n) is 9.58. The van der Waals surface area contributed by atoms with Crippen molar-refractivity contribution >= 4 is 5.91 Å². The standard InChI is InChI=1S/C21H16F2N6O2/c1-12-2-3-17(29-24-5-6-25-29)16(8-12)21(30)28-7-4-18(28)20-26-19(27-31-20)13-9-14(22)11-15(23)10-13/h2-3,5-6,8-11,18H,4,7H2,1H3. The number of rotatable bonds is 4. The van der Waals surface area contributed by atoms with E-state index in [2.05, 4.69) is 20.3 Å². The van der Waals surface area contributed by atoms with Gasteiger partial charge in [0.2, 0.25) is 11.7 Å². The minimum absolute atomic E-state index is 0.0599. The van der Waals surface area contributed by atoms with Gasteiger partial charge >= 0.3 is 0 Å². The molecule has 31 heavy (non-hydrogen) atoms. The zero-order chi connectivity index (χ0) is 21.5. The first-order chi connectivity index (χ1) is 15.0. The monoisotopic (exact) mass is 422 g/mol. The van der Waals surface area contributed by atoms with Gasteiger partial charge < -0.3 is 9.42 Å². The molecule has 4 aromatic rings. The van der Waals surface area contributed by atoms with Gasteiger partial charge in [-0.05, 0) is 37.6 Å². The number of benzene rings is 2. The SMILES string of the molecule is Cc1ccc(-n2nccn2)c(C(=O)N2CCC2c2nc(-c3cc(F)cc(F)c3)no2)c1. The van der Waals surface area contributed by atoms with Crippen LogP contribution in [0.1, 0.15) is 34.3 Å². The Morgan fingerprint density at radius 2 is 1.84 bits per heavy atom. The van der Waals surface area contributed by atoms with E-state index in [4.69, 9.17) is 4.52 Å². The second-order valence-electron chi connectivity index (χ2n) is 7.26. The van der Waals surface area contributed by atoms with Crippen LogP contribution in [0.5, 0.6) is 0 Å². The van der Waals surface area contributed by atoms with Crippen LogP contribution in [0.2, 0.25) is 0 Å². The summed E-state index contributed by atoms with van der Waals surface area (Å²) in [4.78, 5) is 20.6. The number of aryl methyl sites for hydroxylation is 1. The van der Waals surface area contributed by atoms with Gasteiger partial charge in [0, 0.05) is 18.2 Å². The van der Waals surface area contributed by atoms with Crippen LogP contribution in [0.25, 0.3) is 17.1 Å². The molecule has 10 heteroatoms. The summed E-state index contributed by atoms with van der Waals surface area (Å²) in [5.41, 5.74) is 2.10. The molecule has 0 spiro atoms. The van der Waals surface area contributed by atoms with Crippen molar-refractivity contribution in [3.63, 3.8) is 0 Å². The lowest BCUT2D eigenvalue weighted by Gasteiger charge is -2.38. The molecule has 1 amide bonds. The molecule has 1 aliphatic heterocycles. The van der Waals surface area contributed by atoms with E-state index in [1.165, 1.54) is 17.2 Å². The number of nitrogens with zero attached hydrogens (tertiary/aromatic N) is 6. The highest BCUT2D eigenvalue weighted by molar-refractivity contribution is 5.98. The van der Waals surface area contributed by atoms with Gasteiger partial charge in [0.15, 0.2) is 0 Å². The smallest absolute Gasteiger partial charge is 0.256 e. The zero-order valence-electron chi connectivity index (χ0n) is 16.4. The summed E-state index contributed by atoms with van der Waals surface area (Å²) in [6.45, 7) is 2.41. The van der Waals surface area contributed by atoms with Gasteiger partial charge in [0.25, 0.3) is 5.91 Å². The fourth-order valence-corrected chi connectivity index (χ4v) is 3.55. The minimum atomic E-state index is -0.735. The molecule has 1 saturated heterocycles. The molecule has 1 aliphatic rings. The van der Waals surface area contributed by atoms with Crippen LogP contribution in [0.4, 0.5) is 8.78 Å². The van der Waals surface area contributed by atoms with Crippen molar-refractivity contribution in [1.29, 1.82) is 0 Å². The molecule has 2 aromatic carbocycles. The lowest BCUT2D eigenvalue weighted by molar-refractivity contribution is 0.0378. The van der Waals surface area contributed by atoms with Crippen molar-refractivity contribution in [2.75, 3.05) is 6.54 Å². The van der Waals surface area contributed by atoms with Gasteiger partial charge in [-0.25, -0.2) is 8.78 Å². The van der Waals surface area contributed by atoms with Crippen molar-refractivity contribution in [2.24, 2.45) is 0 Å². The average Bonchev–Trinajstić information content (AvgIpc) is 3.38. The van der Waals surface area contributed by atoms with Crippen LogP contribution in [-0.4, -0.2) is 42.5 Å². The molecule has 0 saturated carbocycles. The van der Waals surface area contributed by atoms with Gasteiger partial charge in [-0.15, -0.1) is 0 Å². The fraction of sp³-hybridized carbons (Fsp3) is 0.190. The highest BCUT2D eigenvalue weighted by Crippen LogP contribution is 2.35. The Morgan fingerprint density at radius 3 is 2.52 bits per heavy atom. The van der Waals surface area contributed by atoms with E-state index in [-0.39, 0.29) is 23.2 Å². The highest BCUT2D eigenvalue weighted by atomic mass is 19.1. The van der Waals surface area contributed by atoms with Gasteiger partial charge in [-0.3, -0.25) is 4.79 Å². The summed E-state index contributed by atoms with van der Waals surface area (Å²) < 4.78 is 32.3. The Bertz CT molecular complexity index is 1250. The molecule has 1 fully saturated rings. The first-order valence-corrected chi connectivity index (χ1v) is 9.58. The number of halogens is 2. The maximum Gasteiger partial charge on any atom is 0.256 e. The summed E-state index contributed by atoms with van der Waals surface area (Å²) in [5.74, 6) is -1.42. The zero-order valence-corrected chi connectivity index (χ0v) is 16.4. The van der Waals surface area contributed by atoms with Crippen molar-refractivity contribution in [3.05, 3.63) is 77.4 Å². The lowest BCUT2D eigenvalue weighted by Crippen LogP contribution is -2.45. The van der Waals surface area contributed by atoms with Crippen LogP contribution >= 0.6 is 0 Å². The molecule has 0 bridgehead atoms. The number of carbonyl (C=O) groups excluding carboxylic acids is 1. The average molecular weight is 422 g/mol. The third-order valence-corrected chi connectivity index (χ3v) is 5.14. The molecule has 0 N–H and O–H groups in total. The predicted octanol–water partition coefficient (Wildman–Crippen LogP) is 3.49. The largest absolute Gasteiger partial charge is 0.337 e. The van der Waals surface area contributed by atoms with Crippen LogP contribution in [0.3, 0.4) is 0 Å². The molecule has 3 heterocycles. The third-order valence-electron chi connectivity index (χ3n) is 5.14. The molecule has 8 nitrogen and oxygen atoms in total. The summed E-state index contributed by atoms with van der Waals surface area (Å²) in [6.07, 6.45) is 3.71. The van der Waals surface area contributed by atoms with E-state index in [1.54, 1.807) is 17.0 Å². The van der Waals surface area contributed by atoms with Gasteiger partial charge in [0.1, 0.15) is 17.7 Å². The maximum absolute atomic E-state index is 13.5. The number of aromatic nitrogens is 5. The van der Waals surface area contributed by atoms with Crippen molar-refractivity contribution in [1.82, 2.24) is 30.0 Å². The second-order valence-corrected chi connectivity index (χ2v) is 7.26. The van der Waals surface area contributed by atoms with Crippen LogP contribution in [0.15, 0.2) is 53.3 Å². The summed E-state index contributed by atoms with van der Waals surface area (Å²) in [6, 6.07) is 8.04. The molecule has 5 rings (SSSR count). The van der Waals surface area contributed by atoms with Crippen molar-refractivity contribution in [3.8, 4) is 17.1 Å². The van der Waals surface area contributed by atoms with Crippen LogP contribution in [0, 0.1) is 18.6 Å². The van der Waals surface area contributed by atoms with E-state index in [1.807, 2.05) is 13.0 Å². The van der Waals surface area contributed by atoms with E-state index < -0.39 is 17.7 Å². The van der Waals surface area contributed by atoms with E-state index in [0.29, 0.717) is 24.2 Å². The van der Waals surface area contributed by atoms with Crippen LogP contribution in [-0.2, 0) is 0 Å². The molecule has 0 radical (unpaired) electrons. The Hall–Kier alpha value is -3.95. The number of likely N-dealkylation sites (tertiary alicyclic amines) is 1. The molecule has 0 aliphatic carbocycles. The minimum Gasteiger partial charge on any atom is -0.337 e. The Kier molecular flexibility index (Phi) is 4.54. The first kappa shape index (κ1) is 19.0.